The number of nitrogens with zero attached hydrogens (tertiary/aromatic N) is 3. The number of nitrogens with one attached hydrogen (secondary N) is 1. The van der Waals surface area contributed by atoms with Gasteiger partial charge in [-0.05, 0) is 64.7 Å². The Morgan fingerprint density at radius 3 is 2.37 bits per heavy atom. The smallest absolute Gasteiger partial charge is 0.295 e. The number of ketones is 1. The predicted octanol–water partition coefficient (Wildman–Crippen LogP) is 4.39. The standard InChI is InChI=1S/C28H34N4O3/c1-5-31(6-2)20-14-12-19(13-15-20)25-24(27(34)28(35)32(25)17-9-16-30(3)4)26(33)22-18-29-23-11-8-7-10-21(22)23/h7-8,10-15,18,25,29,33H,5-6,9,16-17H2,1-4H3/b26-24-. The number of carbonyl (C=O) groups excluding carboxylic acids is 2. The van der Waals surface area contributed by atoms with Gasteiger partial charge < -0.3 is 24.8 Å². The third-order valence-corrected chi connectivity index (χ3v) is 6.73. The highest BCUT2D eigenvalue weighted by Gasteiger charge is 2.46. The van der Waals surface area contributed by atoms with E-state index in [9.17, 15) is 14.7 Å². The minimum absolute atomic E-state index is 0.139. The molecule has 3 aromatic rings. The van der Waals surface area contributed by atoms with Crippen molar-refractivity contribution in [2.45, 2.75) is 26.3 Å². The van der Waals surface area contributed by atoms with Crippen molar-refractivity contribution in [3.63, 3.8) is 0 Å². The maximum atomic E-state index is 13.3. The number of anilines is 1. The van der Waals surface area contributed by atoms with Crippen molar-refractivity contribution >= 4 is 34.0 Å². The zero-order valence-electron chi connectivity index (χ0n) is 20.9. The first-order valence-electron chi connectivity index (χ1n) is 12.2. The van der Waals surface area contributed by atoms with Crippen LogP contribution in [-0.2, 0) is 9.59 Å². The molecule has 1 aliphatic rings. The van der Waals surface area contributed by atoms with Gasteiger partial charge in [-0.15, -0.1) is 0 Å². The number of aliphatic hydroxyl groups excluding tert-OH is 1. The SMILES string of the molecule is CCN(CC)c1ccc(C2/C(=C(/O)c3c[nH]c4ccccc34)C(=O)C(=O)N2CCCN(C)C)cc1. The van der Waals surface area contributed by atoms with Crippen LogP contribution in [-0.4, -0.2) is 71.9 Å². The molecule has 1 aromatic heterocycles. The second kappa shape index (κ2) is 10.4. The van der Waals surface area contributed by atoms with Crippen LogP contribution >= 0.6 is 0 Å². The number of H-pyrrole nitrogens is 1. The number of fused-ring (bicyclic) bond motifs is 1. The Hall–Kier alpha value is -3.58. The van der Waals surface area contributed by atoms with Crippen LogP contribution in [0, 0.1) is 0 Å². The highest BCUT2D eigenvalue weighted by Crippen LogP contribution is 2.41. The van der Waals surface area contributed by atoms with Crippen LogP contribution in [0.3, 0.4) is 0 Å². The van der Waals surface area contributed by atoms with Crippen molar-refractivity contribution in [1.29, 1.82) is 0 Å². The van der Waals surface area contributed by atoms with E-state index in [0.717, 1.165) is 48.2 Å². The summed E-state index contributed by atoms with van der Waals surface area (Å²) in [6.45, 7) is 7.21. The second-order valence-electron chi connectivity index (χ2n) is 9.16. The first-order chi connectivity index (χ1) is 16.9. The number of likely N-dealkylation sites (tertiary alicyclic amines) is 1. The van der Waals surface area contributed by atoms with Gasteiger partial charge in [-0.3, -0.25) is 9.59 Å². The van der Waals surface area contributed by atoms with Gasteiger partial charge in [0.2, 0.25) is 0 Å². The maximum Gasteiger partial charge on any atom is 0.295 e. The molecule has 0 saturated carbocycles. The molecule has 0 radical (unpaired) electrons. The number of carbonyl (C=O) groups is 2. The molecule has 1 saturated heterocycles. The van der Waals surface area contributed by atoms with Gasteiger partial charge in [-0.2, -0.15) is 0 Å². The molecule has 1 fully saturated rings. The molecule has 2 heterocycles. The number of rotatable bonds is 9. The summed E-state index contributed by atoms with van der Waals surface area (Å²) in [5.74, 6) is -1.35. The molecule has 7 heteroatoms. The summed E-state index contributed by atoms with van der Waals surface area (Å²) < 4.78 is 0. The Kier molecular flexibility index (Phi) is 7.26. The molecule has 1 aliphatic heterocycles. The monoisotopic (exact) mass is 474 g/mol. The number of aliphatic hydroxyl groups is 1. The molecule has 1 amide bonds. The lowest BCUT2D eigenvalue weighted by atomic mass is 9.95. The fraction of sp³-hybridized carbons (Fsp3) is 0.357. The molecule has 4 rings (SSSR count). The molecule has 0 bridgehead atoms. The van der Waals surface area contributed by atoms with E-state index >= 15 is 0 Å². The average Bonchev–Trinajstić information content (AvgIpc) is 3.39. The van der Waals surface area contributed by atoms with Crippen LogP contribution in [0.1, 0.15) is 37.4 Å². The maximum absolute atomic E-state index is 13.3. The fourth-order valence-electron chi connectivity index (χ4n) is 4.88. The zero-order valence-corrected chi connectivity index (χ0v) is 20.9. The number of para-hydroxylation sites is 1. The molecule has 184 valence electrons. The predicted molar refractivity (Wildman–Crippen MR) is 140 cm³/mol. The van der Waals surface area contributed by atoms with Crippen molar-refractivity contribution in [1.82, 2.24) is 14.8 Å². The van der Waals surface area contributed by atoms with Gasteiger partial charge in [-0.25, -0.2) is 0 Å². The van der Waals surface area contributed by atoms with E-state index in [1.165, 1.54) is 0 Å². The van der Waals surface area contributed by atoms with Gasteiger partial charge in [0.1, 0.15) is 5.76 Å². The molecule has 2 N–H and O–H groups in total. The van der Waals surface area contributed by atoms with Crippen LogP contribution in [0.15, 0.2) is 60.3 Å². The Bertz CT molecular complexity index is 1240. The molecular weight excluding hydrogens is 440 g/mol. The van der Waals surface area contributed by atoms with Crippen molar-refractivity contribution in [2.24, 2.45) is 0 Å². The van der Waals surface area contributed by atoms with E-state index in [-0.39, 0.29) is 11.3 Å². The number of benzene rings is 2. The molecule has 1 unspecified atom stereocenters. The molecule has 1 atom stereocenters. The van der Waals surface area contributed by atoms with Gasteiger partial charge in [0.15, 0.2) is 0 Å². The largest absolute Gasteiger partial charge is 0.507 e. The number of aromatic amines is 1. The van der Waals surface area contributed by atoms with Gasteiger partial charge in [0.05, 0.1) is 11.6 Å². The molecule has 35 heavy (non-hydrogen) atoms. The van der Waals surface area contributed by atoms with E-state index in [1.54, 1.807) is 11.1 Å². The summed E-state index contributed by atoms with van der Waals surface area (Å²) in [6.07, 6.45) is 2.42. The molecule has 2 aromatic carbocycles. The van der Waals surface area contributed by atoms with E-state index in [2.05, 4.69) is 28.6 Å². The summed E-state index contributed by atoms with van der Waals surface area (Å²) in [6, 6.07) is 14.9. The van der Waals surface area contributed by atoms with Crippen LogP contribution in [0.2, 0.25) is 0 Å². The Balaban J connectivity index is 1.81. The minimum atomic E-state index is -0.643. The van der Waals surface area contributed by atoms with Gasteiger partial charge >= 0.3 is 0 Å². The summed E-state index contributed by atoms with van der Waals surface area (Å²) in [4.78, 5) is 35.5. The normalized spacial score (nSPS) is 17.6. The Morgan fingerprint density at radius 2 is 1.71 bits per heavy atom. The van der Waals surface area contributed by atoms with E-state index < -0.39 is 17.7 Å². The average molecular weight is 475 g/mol. The zero-order chi connectivity index (χ0) is 25.1. The summed E-state index contributed by atoms with van der Waals surface area (Å²) in [7, 11) is 3.96. The van der Waals surface area contributed by atoms with Gasteiger partial charge in [-0.1, -0.05) is 30.3 Å². The number of hydrogen-bond acceptors (Lipinski definition) is 5. The summed E-state index contributed by atoms with van der Waals surface area (Å²) in [5, 5.41) is 12.2. The summed E-state index contributed by atoms with van der Waals surface area (Å²) in [5.41, 5.74) is 3.41. The third kappa shape index (κ3) is 4.68. The van der Waals surface area contributed by atoms with Crippen LogP contribution in [0.4, 0.5) is 5.69 Å². The number of amides is 1. The quantitative estimate of drug-likeness (QED) is 0.273. The van der Waals surface area contributed by atoms with Crippen LogP contribution in [0.5, 0.6) is 0 Å². The van der Waals surface area contributed by atoms with Gasteiger partial charge in [0.25, 0.3) is 11.7 Å². The van der Waals surface area contributed by atoms with Crippen molar-refractivity contribution < 1.29 is 14.7 Å². The number of Topliss-reactive ketones (excluding diaryl/α,β-unsaturated/α-hetero) is 1. The highest BCUT2D eigenvalue weighted by atomic mass is 16.3. The first kappa shape index (κ1) is 24.5. The Morgan fingerprint density at radius 1 is 1.03 bits per heavy atom. The van der Waals surface area contributed by atoms with Crippen LogP contribution < -0.4 is 4.90 Å². The van der Waals surface area contributed by atoms with Crippen molar-refractivity contribution in [3.05, 3.63) is 71.4 Å². The fourth-order valence-corrected chi connectivity index (χ4v) is 4.88. The lowest BCUT2D eigenvalue weighted by Crippen LogP contribution is -2.32. The first-order valence-corrected chi connectivity index (χ1v) is 12.2. The number of aromatic nitrogens is 1. The third-order valence-electron chi connectivity index (χ3n) is 6.73. The molecule has 7 nitrogen and oxygen atoms in total. The molecular formula is C28H34N4O3. The highest BCUT2D eigenvalue weighted by molar-refractivity contribution is 6.46. The van der Waals surface area contributed by atoms with E-state index in [0.29, 0.717) is 12.1 Å². The van der Waals surface area contributed by atoms with Crippen molar-refractivity contribution in [3.8, 4) is 0 Å². The summed E-state index contributed by atoms with van der Waals surface area (Å²) >= 11 is 0. The molecule has 0 spiro atoms. The topological polar surface area (TPSA) is 79.9 Å². The van der Waals surface area contributed by atoms with E-state index in [4.69, 9.17) is 0 Å². The number of hydrogen-bond donors (Lipinski definition) is 2. The Labute approximate surface area is 206 Å². The van der Waals surface area contributed by atoms with Gasteiger partial charge in [0, 0.05) is 48.0 Å². The van der Waals surface area contributed by atoms with Crippen molar-refractivity contribution in [2.75, 3.05) is 45.2 Å². The van der Waals surface area contributed by atoms with E-state index in [1.807, 2.05) is 62.6 Å². The lowest BCUT2D eigenvalue weighted by Gasteiger charge is -2.27. The lowest BCUT2D eigenvalue weighted by molar-refractivity contribution is -0.139. The molecule has 0 aliphatic carbocycles. The van der Waals surface area contributed by atoms with Crippen LogP contribution in [0.25, 0.3) is 16.7 Å². The minimum Gasteiger partial charge on any atom is -0.507 e. The second-order valence-corrected chi connectivity index (χ2v) is 9.16.